The van der Waals surface area contributed by atoms with Crippen LogP contribution in [0.3, 0.4) is 0 Å². The minimum absolute atomic E-state index is 0.557. The molecule has 0 aromatic carbocycles. The van der Waals surface area contributed by atoms with E-state index in [2.05, 4.69) is 22.2 Å². The van der Waals surface area contributed by atoms with Crippen LogP contribution in [0.1, 0.15) is 31.9 Å². The number of anilines is 1. The van der Waals surface area contributed by atoms with Gasteiger partial charge in [0.05, 0.1) is 5.69 Å². The zero-order valence-corrected chi connectivity index (χ0v) is 9.39. The first-order valence-corrected chi connectivity index (χ1v) is 6.14. The molecule has 0 unspecified atom stereocenters. The van der Waals surface area contributed by atoms with Crippen LogP contribution in [0.4, 0.5) is 5.13 Å². The lowest BCUT2D eigenvalue weighted by Crippen LogP contribution is -2.26. The fraction of sp³-hybridized carbons (Fsp3) is 0.700. The number of nitrogens with zero attached hydrogens (tertiary/aromatic N) is 2. The number of aromatic nitrogens is 1. The Morgan fingerprint density at radius 2 is 2.43 bits per heavy atom. The Morgan fingerprint density at radius 1 is 1.64 bits per heavy atom. The molecular formula is C10H17N3S. The Hall–Kier alpha value is -0.610. The predicted octanol–water partition coefficient (Wildman–Crippen LogP) is 1.98. The Balaban J connectivity index is 2.08. The van der Waals surface area contributed by atoms with Gasteiger partial charge in [0, 0.05) is 24.5 Å². The van der Waals surface area contributed by atoms with Crippen molar-refractivity contribution in [3.8, 4) is 0 Å². The van der Waals surface area contributed by atoms with Crippen molar-refractivity contribution >= 4 is 16.5 Å². The van der Waals surface area contributed by atoms with E-state index in [9.17, 15) is 0 Å². The van der Waals surface area contributed by atoms with Crippen LogP contribution in [0.5, 0.6) is 0 Å². The third-order valence-electron chi connectivity index (χ3n) is 2.45. The maximum atomic E-state index is 5.55. The smallest absolute Gasteiger partial charge is 0.185 e. The summed E-state index contributed by atoms with van der Waals surface area (Å²) in [4.78, 5) is 6.96. The van der Waals surface area contributed by atoms with Gasteiger partial charge in [-0.15, -0.1) is 11.3 Å². The van der Waals surface area contributed by atoms with Crippen molar-refractivity contribution < 1.29 is 0 Å². The number of thiazole rings is 1. The highest BCUT2D eigenvalue weighted by molar-refractivity contribution is 7.13. The van der Waals surface area contributed by atoms with E-state index in [0.717, 1.165) is 23.4 Å². The van der Waals surface area contributed by atoms with Gasteiger partial charge in [-0.1, -0.05) is 6.92 Å². The lowest BCUT2D eigenvalue weighted by atomic mass is 10.4. The zero-order valence-electron chi connectivity index (χ0n) is 8.57. The van der Waals surface area contributed by atoms with Gasteiger partial charge in [-0.2, -0.15) is 0 Å². The van der Waals surface area contributed by atoms with Gasteiger partial charge in [-0.25, -0.2) is 4.98 Å². The number of nitrogens with two attached hydrogens (primary N) is 1. The average molecular weight is 211 g/mol. The standard InChI is InChI=1S/C10H17N3S/c1-2-5-13(9-3-4-9)10-12-8(6-11)7-14-10/h7,9H,2-6,11H2,1H3. The second-order valence-electron chi connectivity index (χ2n) is 3.75. The molecule has 0 radical (unpaired) electrons. The molecule has 0 bridgehead atoms. The molecule has 0 spiro atoms. The Bertz CT molecular complexity index is 293. The molecule has 0 atom stereocenters. The van der Waals surface area contributed by atoms with Crippen LogP contribution in [-0.4, -0.2) is 17.6 Å². The molecule has 3 nitrogen and oxygen atoms in total. The summed E-state index contributed by atoms with van der Waals surface area (Å²) in [7, 11) is 0. The average Bonchev–Trinajstić information content (AvgIpc) is 2.92. The molecule has 1 saturated carbocycles. The molecule has 1 aromatic heterocycles. The van der Waals surface area contributed by atoms with Gasteiger partial charge >= 0.3 is 0 Å². The van der Waals surface area contributed by atoms with Crippen molar-refractivity contribution in [3.05, 3.63) is 11.1 Å². The van der Waals surface area contributed by atoms with E-state index < -0.39 is 0 Å². The van der Waals surface area contributed by atoms with E-state index in [-0.39, 0.29) is 0 Å². The van der Waals surface area contributed by atoms with E-state index >= 15 is 0 Å². The van der Waals surface area contributed by atoms with Crippen molar-refractivity contribution in [2.45, 2.75) is 38.8 Å². The van der Waals surface area contributed by atoms with Crippen molar-refractivity contribution in [2.75, 3.05) is 11.4 Å². The van der Waals surface area contributed by atoms with Crippen molar-refractivity contribution in [2.24, 2.45) is 5.73 Å². The summed E-state index contributed by atoms with van der Waals surface area (Å²) >= 11 is 1.73. The van der Waals surface area contributed by atoms with Crippen LogP contribution >= 0.6 is 11.3 Å². The summed E-state index contributed by atoms with van der Waals surface area (Å²) in [6.07, 6.45) is 3.85. The largest absolute Gasteiger partial charge is 0.345 e. The van der Waals surface area contributed by atoms with E-state index in [1.54, 1.807) is 11.3 Å². The third-order valence-corrected chi connectivity index (χ3v) is 3.37. The van der Waals surface area contributed by atoms with Crippen molar-refractivity contribution in [1.82, 2.24) is 4.98 Å². The van der Waals surface area contributed by atoms with Gasteiger partial charge < -0.3 is 10.6 Å². The van der Waals surface area contributed by atoms with Crippen LogP contribution in [-0.2, 0) is 6.54 Å². The molecule has 1 aliphatic rings. The van der Waals surface area contributed by atoms with Gasteiger partial charge in [-0.3, -0.25) is 0 Å². The van der Waals surface area contributed by atoms with Crippen LogP contribution in [0, 0.1) is 0 Å². The molecule has 0 aliphatic heterocycles. The maximum Gasteiger partial charge on any atom is 0.185 e. The van der Waals surface area contributed by atoms with Crippen LogP contribution in [0.25, 0.3) is 0 Å². The van der Waals surface area contributed by atoms with Gasteiger partial charge in [0.25, 0.3) is 0 Å². The normalized spacial score (nSPS) is 15.9. The zero-order chi connectivity index (χ0) is 9.97. The summed E-state index contributed by atoms with van der Waals surface area (Å²) in [6, 6.07) is 0.756. The maximum absolute atomic E-state index is 5.55. The lowest BCUT2D eigenvalue weighted by Gasteiger charge is -2.20. The molecule has 1 fully saturated rings. The molecule has 14 heavy (non-hydrogen) atoms. The number of hydrogen-bond acceptors (Lipinski definition) is 4. The fourth-order valence-corrected chi connectivity index (χ4v) is 2.52. The summed E-state index contributed by atoms with van der Waals surface area (Å²) < 4.78 is 0. The SMILES string of the molecule is CCCN(c1nc(CN)cs1)C1CC1. The van der Waals surface area contributed by atoms with Crippen LogP contribution < -0.4 is 10.6 Å². The second kappa shape index (κ2) is 4.28. The Morgan fingerprint density at radius 3 is 2.93 bits per heavy atom. The summed E-state index contributed by atoms with van der Waals surface area (Å²) in [6.45, 7) is 3.90. The minimum Gasteiger partial charge on any atom is -0.345 e. The molecule has 1 heterocycles. The van der Waals surface area contributed by atoms with E-state index in [1.165, 1.54) is 19.3 Å². The molecule has 1 aromatic rings. The molecule has 0 saturated heterocycles. The summed E-state index contributed by atoms with van der Waals surface area (Å²) in [5.41, 5.74) is 6.57. The monoisotopic (exact) mass is 211 g/mol. The first kappa shape index (κ1) is 9.93. The topological polar surface area (TPSA) is 42.2 Å². The fourth-order valence-electron chi connectivity index (χ4n) is 1.58. The molecule has 2 N–H and O–H groups in total. The van der Waals surface area contributed by atoms with Gasteiger partial charge in [0.15, 0.2) is 5.13 Å². The summed E-state index contributed by atoms with van der Waals surface area (Å²) in [5.74, 6) is 0. The molecule has 4 heteroatoms. The minimum atomic E-state index is 0.557. The third kappa shape index (κ3) is 2.07. The lowest BCUT2D eigenvalue weighted by molar-refractivity contribution is 0.757. The van der Waals surface area contributed by atoms with Gasteiger partial charge in [0.2, 0.25) is 0 Å². The molecule has 0 amide bonds. The second-order valence-corrected chi connectivity index (χ2v) is 4.59. The van der Waals surface area contributed by atoms with Crippen molar-refractivity contribution in [3.63, 3.8) is 0 Å². The van der Waals surface area contributed by atoms with E-state index in [4.69, 9.17) is 5.73 Å². The first-order chi connectivity index (χ1) is 6.85. The van der Waals surface area contributed by atoms with Gasteiger partial charge in [0.1, 0.15) is 0 Å². The molecule has 2 rings (SSSR count). The highest BCUT2D eigenvalue weighted by Crippen LogP contribution is 2.33. The Labute approximate surface area is 88.9 Å². The highest BCUT2D eigenvalue weighted by atomic mass is 32.1. The van der Waals surface area contributed by atoms with Crippen LogP contribution in [0.2, 0.25) is 0 Å². The molecular weight excluding hydrogens is 194 g/mol. The quantitative estimate of drug-likeness (QED) is 0.809. The first-order valence-electron chi connectivity index (χ1n) is 5.26. The summed E-state index contributed by atoms with van der Waals surface area (Å²) in [5, 5.41) is 3.23. The molecule has 1 aliphatic carbocycles. The predicted molar refractivity (Wildman–Crippen MR) is 60.7 cm³/mol. The van der Waals surface area contributed by atoms with Crippen molar-refractivity contribution in [1.29, 1.82) is 0 Å². The highest BCUT2D eigenvalue weighted by Gasteiger charge is 2.30. The van der Waals surface area contributed by atoms with Gasteiger partial charge in [-0.05, 0) is 19.3 Å². The number of rotatable bonds is 5. The van der Waals surface area contributed by atoms with E-state index in [0.29, 0.717) is 6.54 Å². The van der Waals surface area contributed by atoms with Crippen LogP contribution in [0.15, 0.2) is 5.38 Å². The van der Waals surface area contributed by atoms with E-state index in [1.807, 2.05) is 0 Å². The Kier molecular flexibility index (Phi) is 3.03. The number of hydrogen-bond donors (Lipinski definition) is 1. The molecule has 78 valence electrons.